The summed E-state index contributed by atoms with van der Waals surface area (Å²) in [5.74, 6) is 1.50. The lowest BCUT2D eigenvalue weighted by Crippen LogP contribution is -2.24. The number of aromatic nitrogens is 5. The van der Waals surface area contributed by atoms with Gasteiger partial charge >= 0.3 is 5.69 Å². The van der Waals surface area contributed by atoms with Gasteiger partial charge in [0.2, 0.25) is 11.7 Å². The van der Waals surface area contributed by atoms with E-state index in [2.05, 4.69) is 39.4 Å². The van der Waals surface area contributed by atoms with E-state index in [9.17, 15) is 4.79 Å². The molecule has 3 heterocycles. The third-order valence-corrected chi connectivity index (χ3v) is 5.51. The predicted octanol–water partition coefficient (Wildman–Crippen LogP) is 2.66. The molecule has 1 aromatic carbocycles. The third-order valence-electron chi connectivity index (χ3n) is 4.55. The first-order chi connectivity index (χ1) is 13.2. The van der Waals surface area contributed by atoms with Crippen LogP contribution in [0.1, 0.15) is 31.2 Å². The van der Waals surface area contributed by atoms with Gasteiger partial charge in [-0.25, -0.2) is 9.89 Å². The molecule has 9 heteroatoms. The monoisotopic (exact) mass is 387 g/mol. The number of nitrogens with zero attached hydrogens (tertiary/aromatic N) is 4. The second-order valence-corrected chi connectivity index (χ2v) is 7.35. The van der Waals surface area contributed by atoms with Crippen LogP contribution in [0.4, 0.5) is 0 Å². The number of hydrogen-bond donors (Lipinski definition) is 1. The summed E-state index contributed by atoms with van der Waals surface area (Å²) in [7, 11) is 0. The summed E-state index contributed by atoms with van der Waals surface area (Å²) in [4.78, 5) is 16.4. The molecule has 0 aliphatic carbocycles. The van der Waals surface area contributed by atoms with Crippen LogP contribution in [0.25, 0.3) is 11.4 Å². The average molecular weight is 387 g/mol. The summed E-state index contributed by atoms with van der Waals surface area (Å²) < 4.78 is 12.6. The smallest absolute Gasteiger partial charge is 0.344 e. The van der Waals surface area contributed by atoms with Crippen LogP contribution in [-0.2, 0) is 23.5 Å². The Kier molecular flexibility index (Phi) is 5.40. The van der Waals surface area contributed by atoms with Crippen LogP contribution >= 0.6 is 11.8 Å². The summed E-state index contributed by atoms with van der Waals surface area (Å²) >= 11 is 1.39. The number of ether oxygens (including phenoxy) is 1. The molecule has 1 fully saturated rings. The van der Waals surface area contributed by atoms with Crippen molar-refractivity contribution < 1.29 is 9.26 Å². The van der Waals surface area contributed by atoms with Gasteiger partial charge in [0.1, 0.15) is 0 Å². The Balaban J connectivity index is 1.42. The molecule has 0 saturated carbocycles. The van der Waals surface area contributed by atoms with Crippen LogP contribution in [0, 0.1) is 0 Å². The van der Waals surface area contributed by atoms with Gasteiger partial charge in [-0.15, -0.1) is 5.10 Å². The van der Waals surface area contributed by atoms with Crippen molar-refractivity contribution >= 4 is 11.8 Å². The minimum Gasteiger partial charge on any atom is -0.376 e. The van der Waals surface area contributed by atoms with E-state index in [1.807, 2.05) is 12.1 Å². The first-order valence-electron chi connectivity index (χ1n) is 9.04. The van der Waals surface area contributed by atoms with Gasteiger partial charge in [0.15, 0.2) is 5.16 Å². The Morgan fingerprint density at radius 3 is 2.93 bits per heavy atom. The average Bonchev–Trinajstić information content (AvgIpc) is 3.44. The number of H-pyrrole nitrogens is 1. The molecule has 1 unspecified atom stereocenters. The Bertz CT molecular complexity index is 941. The van der Waals surface area contributed by atoms with Gasteiger partial charge in [0.05, 0.1) is 18.4 Å². The summed E-state index contributed by atoms with van der Waals surface area (Å²) in [6.45, 7) is 3.38. The van der Waals surface area contributed by atoms with Gasteiger partial charge in [-0.05, 0) is 24.8 Å². The Morgan fingerprint density at radius 2 is 2.19 bits per heavy atom. The van der Waals surface area contributed by atoms with Gasteiger partial charge < -0.3 is 9.26 Å². The third kappa shape index (κ3) is 4.14. The Hall–Kier alpha value is -2.39. The number of benzene rings is 1. The molecular formula is C18H21N5O3S. The molecule has 1 saturated heterocycles. The molecular weight excluding hydrogens is 366 g/mol. The molecule has 1 aliphatic heterocycles. The molecule has 0 amide bonds. The molecule has 4 rings (SSSR count). The molecule has 0 spiro atoms. The summed E-state index contributed by atoms with van der Waals surface area (Å²) in [6, 6.07) is 8.11. The summed E-state index contributed by atoms with van der Waals surface area (Å²) in [6.07, 6.45) is 3.06. The minimum atomic E-state index is -0.227. The minimum absolute atomic E-state index is 0.0701. The number of aromatic amines is 1. The van der Waals surface area contributed by atoms with E-state index < -0.39 is 0 Å². The lowest BCUT2D eigenvalue weighted by Gasteiger charge is -2.10. The zero-order chi connectivity index (χ0) is 18.6. The zero-order valence-electron chi connectivity index (χ0n) is 15.1. The van der Waals surface area contributed by atoms with Crippen LogP contribution in [-0.4, -0.2) is 37.6 Å². The maximum Gasteiger partial charge on any atom is 0.344 e. The van der Waals surface area contributed by atoms with Crippen molar-refractivity contribution in [3.05, 3.63) is 46.2 Å². The normalized spacial score (nSPS) is 16.9. The highest BCUT2D eigenvalue weighted by Crippen LogP contribution is 2.23. The van der Waals surface area contributed by atoms with E-state index >= 15 is 0 Å². The first kappa shape index (κ1) is 18.0. The number of aryl methyl sites for hydroxylation is 1. The number of thioether (sulfide) groups is 1. The quantitative estimate of drug-likeness (QED) is 0.622. The highest BCUT2D eigenvalue weighted by molar-refractivity contribution is 7.98. The second kappa shape index (κ2) is 8.10. The number of rotatable bonds is 7. The molecule has 2 aromatic heterocycles. The maximum atomic E-state index is 12.0. The largest absolute Gasteiger partial charge is 0.376 e. The standard InChI is InChI=1S/C18H21N5O3S/c1-2-12-5-7-13(8-6-12)16-19-15(26-22-16)11-27-18-21-20-17(24)23(18)10-14-4-3-9-25-14/h5-8,14H,2-4,9-11H2,1H3,(H,20,24). The van der Waals surface area contributed by atoms with Crippen molar-refractivity contribution in [2.45, 2.75) is 49.7 Å². The Morgan fingerprint density at radius 1 is 1.33 bits per heavy atom. The summed E-state index contributed by atoms with van der Waals surface area (Å²) in [5.41, 5.74) is 1.96. The molecule has 27 heavy (non-hydrogen) atoms. The lowest BCUT2D eigenvalue weighted by atomic mass is 10.1. The van der Waals surface area contributed by atoms with E-state index in [4.69, 9.17) is 9.26 Å². The highest BCUT2D eigenvalue weighted by Gasteiger charge is 2.20. The SMILES string of the molecule is CCc1ccc(-c2noc(CSc3n[nH]c(=O)n3CC3CCCO3)n2)cc1. The van der Waals surface area contributed by atoms with E-state index in [0.29, 0.717) is 29.2 Å². The fourth-order valence-corrected chi connectivity index (χ4v) is 3.81. The molecule has 0 radical (unpaired) electrons. The van der Waals surface area contributed by atoms with Gasteiger partial charge in [-0.1, -0.05) is 48.1 Å². The molecule has 142 valence electrons. The van der Waals surface area contributed by atoms with E-state index in [0.717, 1.165) is 31.4 Å². The second-order valence-electron chi connectivity index (χ2n) is 6.41. The van der Waals surface area contributed by atoms with Crippen molar-refractivity contribution in [1.82, 2.24) is 24.9 Å². The maximum absolute atomic E-state index is 12.0. The van der Waals surface area contributed by atoms with Gasteiger partial charge in [-0.3, -0.25) is 4.57 Å². The van der Waals surface area contributed by atoms with Crippen LogP contribution in [0.2, 0.25) is 0 Å². The van der Waals surface area contributed by atoms with Crippen LogP contribution in [0.3, 0.4) is 0 Å². The first-order valence-corrected chi connectivity index (χ1v) is 10.0. The lowest BCUT2D eigenvalue weighted by molar-refractivity contribution is 0.0941. The van der Waals surface area contributed by atoms with Crippen molar-refractivity contribution in [3.63, 3.8) is 0 Å². The van der Waals surface area contributed by atoms with E-state index in [1.54, 1.807) is 4.57 Å². The van der Waals surface area contributed by atoms with Gasteiger partial charge in [-0.2, -0.15) is 4.98 Å². The summed E-state index contributed by atoms with van der Waals surface area (Å²) in [5, 5.41) is 11.3. The molecule has 1 atom stereocenters. The molecule has 1 aliphatic rings. The number of nitrogens with one attached hydrogen (secondary N) is 1. The fourth-order valence-electron chi connectivity index (χ4n) is 3.01. The highest BCUT2D eigenvalue weighted by atomic mass is 32.2. The van der Waals surface area contributed by atoms with Crippen molar-refractivity contribution in [1.29, 1.82) is 0 Å². The van der Waals surface area contributed by atoms with E-state index in [-0.39, 0.29) is 11.8 Å². The van der Waals surface area contributed by atoms with Crippen LogP contribution in [0.5, 0.6) is 0 Å². The van der Waals surface area contributed by atoms with Crippen molar-refractivity contribution in [2.24, 2.45) is 0 Å². The molecule has 0 bridgehead atoms. The molecule has 1 N–H and O–H groups in total. The molecule has 3 aromatic rings. The predicted molar refractivity (Wildman–Crippen MR) is 100 cm³/mol. The number of hydrogen-bond acceptors (Lipinski definition) is 7. The van der Waals surface area contributed by atoms with Gasteiger partial charge in [0, 0.05) is 12.2 Å². The fraction of sp³-hybridized carbons (Fsp3) is 0.444. The Labute approximate surface area is 160 Å². The topological polar surface area (TPSA) is 98.8 Å². The van der Waals surface area contributed by atoms with Crippen LogP contribution < -0.4 is 5.69 Å². The molecule has 8 nitrogen and oxygen atoms in total. The van der Waals surface area contributed by atoms with Gasteiger partial charge in [0.25, 0.3) is 0 Å². The van der Waals surface area contributed by atoms with Crippen molar-refractivity contribution in [2.75, 3.05) is 6.61 Å². The van der Waals surface area contributed by atoms with Crippen LogP contribution in [0.15, 0.2) is 38.7 Å². The zero-order valence-corrected chi connectivity index (χ0v) is 15.9. The van der Waals surface area contributed by atoms with E-state index in [1.165, 1.54) is 17.3 Å². The van der Waals surface area contributed by atoms with Crippen molar-refractivity contribution in [3.8, 4) is 11.4 Å².